The lowest BCUT2D eigenvalue weighted by molar-refractivity contribution is -0.137. The van der Waals surface area contributed by atoms with E-state index < -0.39 is 12.1 Å². The van der Waals surface area contributed by atoms with E-state index in [-0.39, 0.29) is 35.7 Å². The molecule has 1 aliphatic rings. The summed E-state index contributed by atoms with van der Waals surface area (Å²) in [4.78, 5) is 41.8. The molecule has 3 aromatic rings. The number of anilines is 1. The Balaban J connectivity index is 1.32. The molecule has 1 aromatic heterocycles. The maximum Gasteiger partial charge on any atom is 0.413 e. The number of carbonyl (C=O) groups excluding carboxylic acids is 2. The highest BCUT2D eigenvalue weighted by Crippen LogP contribution is 2.44. The molecule has 0 bridgehead atoms. The van der Waals surface area contributed by atoms with Crippen LogP contribution in [0.5, 0.6) is 0 Å². The number of carboxylic acid groups (broad SMARTS) is 1. The van der Waals surface area contributed by atoms with Crippen molar-refractivity contribution in [3.63, 3.8) is 0 Å². The van der Waals surface area contributed by atoms with Crippen molar-refractivity contribution in [2.24, 2.45) is 0 Å². The Hall–Kier alpha value is -3.72. The van der Waals surface area contributed by atoms with Gasteiger partial charge in [0.25, 0.3) is 5.91 Å². The van der Waals surface area contributed by atoms with Gasteiger partial charge in [0.1, 0.15) is 12.3 Å². The molecule has 0 unspecified atom stereocenters. The van der Waals surface area contributed by atoms with E-state index in [9.17, 15) is 14.4 Å². The van der Waals surface area contributed by atoms with E-state index in [2.05, 4.69) is 34.6 Å². The molecule has 9 heteroatoms. The van der Waals surface area contributed by atoms with Gasteiger partial charge in [0.2, 0.25) is 0 Å². The minimum Gasteiger partial charge on any atom is -0.481 e. The Morgan fingerprint density at radius 1 is 1.06 bits per heavy atom. The third-order valence-electron chi connectivity index (χ3n) is 6.01. The number of carboxylic acids is 1. The number of nitrogens with one attached hydrogen (secondary N) is 1. The standard InChI is InChI=1S/C26H27N3O5S/c1-2-29(14-8-7-13-23(30)31)24(32)22-16-35-25(27-22)28-26(33)34-15-21-19-11-5-3-9-17(19)18-10-4-6-12-20(18)21/h3-6,9-12,16,21H,2,7-8,13-15H2,1H3,(H,30,31)(H,27,28,33). The van der Waals surface area contributed by atoms with Gasteiger partial charge in [0.15, 0.2) is 5.13 Å². The quantitative estimate of drug-likeness (QED) is 0.375. The van der Waals surface area contributed by atoms with Crippen LogP contribution in [-0.4, -0.2) is 52.7 Å². The molecule has 1 heterocycles. The van der Waals surface area contributed by atoms with E-state index in [1.165, 1.54) is 0 Å². The van der Waals surface area contributed by atoms with Crippen molar-refractivity contribution in [2.75, 3.05) is 25.0 Å². The van der Waals surface area contributed by atoms with Crippen LogP contribution in [0.25, 0.3) is 11.1 Å². The molecule has 0 spiro atoms. The lowest BCUT2D eigenvalue weighted by Crippen LogP contribution is -2.32. The van der Waals surface area contributed by atoms with Crippen LogP contribution in [0, 0.1) is 0 Å². The van der Waals surface area contributed by atoms with Crippen LogP contribution in [0.4, 0.5) is 9.93 Å². The summed E-state index contributed by atoms with van der Waals surface area (Å²) in [5.74, 6) is -1.14. The molecule has 2 amide bonds. The van der Waals surface area contributed by atoms with Crippen molar-refractivity contribution >= 4 is 34.4 Å². The normalized spacial score (nSPS) is 12.0. The number of aliphatic carboxylic acids is 1. The number of hydrogen-bond donors (Lipinski definition) is 2. The third-order valence-corrected chi connectivity index (χ3v) is 6.77. The zero-order valence-corrected chi connectivity index (χ0v) is 20.2. The smallest absolute Gasteiger partial charge is 0.413 e. The van der Waals surface area contributed by atoms with Gasteiger partial charge in [0.05, 0.1) is 0 Å². The zero-order chi connectivity index (χ0) is 24.8. The molecule has 0 atom stereocenters. The van der Waals surface area contributed by atoms with Crippen molar-refractivity contribution < 1.29 is 24.2 Å². The molecule has 182 valence electrons. The Morgan fingerprint density at radius 3 is 2.34 bits per heavy atom. The lowest BCUT2D eigenvalue weighted by Gasteiger charge is -2.19. The van der Waals surface area contributed by atoms with Gasteiger partial charge in [-0.3, -0.25) is 14.9 Å². The first-order chi connectivity index (χ1) is 17.0. The summed E-state index contributed by atoms with van der Waals surface area (Å²) in [7, 11) is 0. The van der Waals surface area contributed by atoms with Gasteiger partial charge < -0.3 is 14.7 Å². The SMILES string of the molecule is CCN(CCCCC(=O)O)C(=O)c1csc(NC(=O)OCC2c3ccccc3-c3ccccc32)n1. The first kappa shape index (κ1) is 24.4. The molecule has 2 N–H and O–H groups in total. The van der Waals surface area contributed by atoms with Gasteiger partial charge in [0, 0.05) is 30.8 Å². The largest absolute Gasteiger partial charge is 0.481 e. The van der Waals surface area contributed by atoms with Gasteiger partial charge >= 0.3 is 12.1 Å². The molecule has 1 aliphatic carbocycles. The number of benzene rings is 2. The van der Waals surface area contributed by atoms with Crippen LogP contribution in [0.2, 0.25) is 0 Å². The van der Waals surface area contributed by atoms with Crippen molar-refractivity contribution in [3.8, 4) is 11.1 Å². The summed E-state index contributed by atoms with van der Waals surface area (Å²) in [6.07, 6.45) is 0.559. The Bertz CT molecular complexity index is 1180. The van der Waals surface area contributed by atoms with Crippen LogP contribution in [0.1, 0.15) is 53.7 Å². The van der Waals surface area contributed by atoms with Crippen LogP contribution in [-0.2, 0) is 9.53 Å². The number of hydrogen-bond acceptors (Lipinski definition) is 6. The second-order valence-electron chi connectivity index (χ2n) is 8.22. The Kier molecular flexibility index (Phi) is 7.77. The number of rotatable bonds is 10. The average molecular weight is 494 g/mol. The number of unbranched alkanes of at least 4 members (excludes halogenated alkanes) is 1. The molecular formula is C26H27N3O5S. The molecule has 0 fully saturated rings. The van der Waals surface area contributed by atoms with Gasteiger partial charge in [-0.1, -0.05) is 48.5 Å². The average Bonchev–Trinajstić information content (AvgIpc) is 3.45. The van der Waals surface area contributed by atoms with E-state index in [0.29, 0.717) is 25.9 Å². The van der Waals surface area contributed by atoms with E-state index in [0.717, 1.165) is 33.6 Å². The van der Waals surface area contributed by atoms with Crippen molar-refractivity contribution in [3.05, 3.63) is 70.7 Å². The highest BCUT2D eigenvalue weighted by atomic mass is 32.1. The Labute approximate surface area is 207 Å². The topological polar surface area (TPSA) is 109 Å². The second-order valence-corrected chi connectivity index (χ2v) is 9.08. The fraction of sp³-hybridized carbons (Fsp3) is 0.308. The van der Waals surface area contributed by atoms with Crippen LogP contribution in [0.3, 0.4) is 0 Å². The number of thiazole rings is 1. The van der Waals surface area contributed by atoms with Crippen LogP contribution >= 0.6 is 11.3 Å². The molecule has 0 saturated carbocycles. The van der Waals surface area contributed by atoms with E-state index in [4.69, 9.17) is 9.84 Å². The summed E-state index contributed by atoms with van der Waals surface area (Å²) >= 11 is 1.15. The summed E-state index contributed by atoms with van der Waals surface area (Å²) in [5.41, 5.74) is 4.81. The Morgan fingerprint density at radius 2 is 1.71 bits per heavy atom. The van der Waals surface area contributed by atoms with E-state index in [1.807, 2.05) is 31.2 Å². The molecule has 0 aliphatic heterocycles. The number of carbonyl (C=O) groups is 3. The summed E-state index contributed by atoms with van der Waals surface area (Å²) in [6, 6.07) is 16.2. The molecule has 35 heavy (non-hydrogen) atoms. The van der Waals surface area contributed by atoms with Crippen LogP contribution in [0.15, 0.2) is 53.9 Å². The first-order valence-corrected chi connectivity index (χ1v) is 12.4. The fourth-order valence-electron chi connectivity index (χ4n) is 4.30. The van der Waals surface area contributed by atoms with E-state index in [1.54, 1.807) is 10.3 Å². The van der Waals surface area contributed by atoms with Crippen molar-refractivity contribution in [1.29, 1.82) is 0 Å². The van der Waals surface area contributed by atoms with Crippen molar-refractivity contribution in [2.45, 2.75) is 32.1 Å². The van der Waals surface area contributed by atoms with Gasteiger partial charge in [-0.05, 0) is 42.0 Å². The number of nitrogens with zero attached hydrogens (tertiary/aromatic N) is 2. The molecule has 2 aromatic carbocycles. The predicted molar refractivity (Wildman–Crippen MR) is 134 cm³/mol. The molecule has 8 nitrogen and oxygen atoms in total. The summed E-state index contributed by atoms with van der Waals surface area (Å²) in [6.45, 7) is 2.99. The second kappa shape index (κ2) is 11.1. The highest BCUT2D eigenvalue weighted by Gasteiger charge is 2.29. The van der Waals surface area contributed by atoms with Crippen molar-refractivity contribution in [1.82, 2.24) is 9.88 Å². The number of amides is 2. The monoisotopic (exact) mass is 493 g/mol. The van der Waals surface area contributed by atoms with Gasteiger partial charge in [-0.25, -0.2) is 9.78 Å². The highest BCUT2D eigenvalue weighted by molar-refractivity contribution is 7.14. The van der Waals surface area contributed by atoms with E-state index >= 15 is 0 Å². The summed E-state index contributed by atoms with van der Waals surface area (Å²) in [5, 5.41) is 13.3. The zero-order valence-electron chi connectivity index (χ0n) is 19.4. The summed E-state index contributed by atoms with van der Waals surface area (Å²) < 4.78 is 5.54. The fourth-order valence-corrected chi connectivity index (χ4v) is 4.97. The lowest BCUT2D eigenvalue weighted by atomic mass is 9.98. The maximum absolute atomic E-state index is 12.7. The van der Waals surface area contributed by atoms with Crippen LogP contribution < -0.4 is 5.32 Å². The first-order valence-electron chi connectivity index (χ1n) is 11.6. The predicted octanol–water partition coefficient (Wildman–Crippen LogP) is 5.22. The molecule has 4 rings (SSSR count). The minimum atomic E-state index is -0.845. The van der Waals surface area contributed by atoms with Gasteiger partial charge in [-0.15, -0.1) is 11.3 Å². The van der Waals surface area contributed by atoms with Gasteiger partial charge in [-0.2, -0.15) is 0 Å². The third kappa shape index (κ3) is 5.68. The molecule has 0 saturated heterocycles. The minimum absolute atomic E-state index is 0.0409. The maximum atomic E-state index is 12.7. The number of ether oxygens (including phenoxy) is 1. The molecule has 0 radical (unpaired) electrons. The molecular weight excluding hydrogens is 466 g/mol. The number of fused-ring (bicyclic) bond motifs is 3. The number of aromatic nitrogens is 1.